The molecule has 0 unspecified atom stereocenters. The van der Waals surface area contributed by atoms with Crippen molar-refractivity contribution in [1.82, 2.24) is 4.98 Å². The van der Waals surface area contributed by atoms with Gasteiger partial charge < -0.3 is 10.2 Å². The minimum Gasteiger partial charge on any atom is -0.340 e. The van der Waals surface area contributed by atoms with Gasteiger partial charge in [0.15, 0.2) is 0 Å². The van der Waals surface area contributed by atoms with Crippen LogP contribution < -0.4 is 10.2 Å². The van der Waals surface area contributed by atoms with E-state index < -0.39 is 0 Å². The molecule has 25 heavy (non-hydrogen) atoms. The summed E-state index contributed by atoms with van der Waals surface area (Å²) in [5, 5.41) is 3.23. The Balaban J connectivity index is 1.52. The summed E-state index contributed by atoms with van der Waals surface area (Å²) in [6, 6.07) is 19.6. The molecule has 1 aliphatic rings. The molecule has 0 bridgehead atoms. The molecule has 4 rings (SSSR count). The van der Waals surface area contributed by atoms with E-state index in [1.807, 2.05) is 59.5 Å². The molecule has 124 valence electrons. The van der Waals surface area contributed by atoms with Crippen LogP contribution in [0, 0.1) is 0 Å². The minimum absolute atomic E-state index is 0.00791. The van der Waals surface area contributed by atoms with E-state index >= 15 is 0 Å². The van der Waals surface area contributed by atoms with Crippen LogP contribution in [0.15, 0.2) is 71.3 Å². The second-order valence-electron chi connectivity index (χ2n) is 5.90. The van der Waals surface area contributed by atoms with Gasteiger partial charge in [-0.15, -0.1) is 0 Å². The average Bonchev–Trinajstić information content (AvgIpc) is 3.06. The lowest BCUT2D eigenvalue weighted by molar-refractivity contribution is 0.0989. The molecule has 1 aliphatic heterocycles. The number of nitrogens with zero attached hydrogens (tertiary/aromatic N) is 2. The third kappa shape index (κ3) is 3.28. The molecule has 0 aliphatic carbocycles. The maximum absolute atomic E-state index is 12.8. The molecule has 0 radical (unpaired) electrons. The summed E-state index contributed by atoms with van der Waals surface area (Å²) in [5.41, 5.74) is 3.76. The first-order valence-electron chi connectivity index (χ1n) is 8.09. The number of pyridine rings is 1. The van der Waals surface area contributed by atoms with Gasteiger partial charge >= 0.3 is 0 Å². The minimum atomic E-state index is -0.00791. The Bertz CT molecular complexity index is 924. The fraction of sp³-hybridized carbons (Fsp3) is 0.100. The number of hydrogen-bond acceptors (Lipinski definition) is 3. The van der Waals surface area contributed by atoms with Gasteiger partial charge in [0.1, 0.15) is 5.82 Å². The summed E-state index contributed by atoms with van der Waals surface area (Å²) in [4.78, 5) is 19.0. The van der Waals surface area contributed by atoms with Crippen LogP contribution >= 0.6 is 15.9 Å². The number of carbonyl (C=O) groups excluding carboxylic acids is 1. The first-order chi connectivity index (χ1) is 12.2. The normalized spacial score (nSPS) is 12.8. The van der Waals surface area contributed by atoms with Crippen LogP contribution in [-0.2, 0) is 6.42 Å². The maximum Gasteiger partial charge on any atom is 0.259 e. The first-order valence-corrected chi connectivity index (χ1v) is 8.88. The number of amides is 1. The van der Waals surface area contributed by atoms with Crippen molar-refractivity contribution >= 4 is 39.0 Å². The highest BCUT2D eigenvalue weighted by molar-refractivity contribution is 9.10. The zero-order valence-corrected chi connectivity index (χ0v) is 15.0. The van der Waals surface area contributed by atoms with Crippen LogP contribution in [0.2, 0.25) is 0 Å². The number of hydrogen-bond donors (Lipinski definition) is 1. The molecule has 1 aromatic heterocycles. The molecule has 3 aromatic rings. The van der Waals surface area contributed by atoms with E-state index in [1.165, 1.54) is 5.56 Å². The van der Waals surface area contributed by atoms with Crippen LogP contribution in [-0.4, -0.2) is 17.4 Å². The summed E-state index contributed by atoms with van der Waals surface area (Å²) in [6.07, 6.45) is 2.53. The van der Waals surface area contributed by atoms with Gasteiger partial charge in [0, 0.05) is 28.6 Å². The van der Waals surface area contributed by atoms with Gasteiger partial charge in [-0.2, -0.15) is 0 Å². The molecular weight excluding hydrogens is 378 g/mol. The quantitative estimate of drug-likeness (QED) is 0.695. The molecule has 5 heteroatoms. The van der Waals surface area contributed by atoms with Gasteiger partial charge in [-0.1, -0.05) is 40.2 Å². The highest BCUT2D eigenvalue weighted by atomic mass is 79.9. The molecule has 0 saturated carbocycles. The standard InChI is InChI=1S/C20H16BrN3O/c21-16-5-3-6-17(12-16)23-19-9-8-15(13-22-19)20(25)24-11-10-14-4-1-2-7-18(14)24/h1-9,12-13H,10-11H2,(H,22,23). The molecule has 0 atom stereocenters. The fourth-order valence-corrected chi connectivity index (χ4v) is 3.41. The van der Waals surface area contributed by atoms with Crippen LogP contribution in [0.5, 0.6) is 0 Å². The molecule has 2 heterocycles. The number of nitrogens with one attached hydrogen (secondary N) is 1. The van der Waals surface area contributed by atoms with Crippen molar-refractivity contribution in [3.05, 3.63) is 82.5 Å². The van der Waals surface area contributed by atoms with E-state index in [4.69, 9.17) is 0 Å². The van der Waals surface area contributed by atoms with Crippen molar-refractivity contribution in [3.63, 3.8) is 0 Å². The maximum atomic E-state index is 12.8. The van der Waals surface area contributed by atoms with E-state index in [0.29, 0.717) is 11.4 Å². The third-order valence-electron chi connectivity index (χ3n) is 4.24. The summed E-state index contributed by atoms with van der Waals surface area (Å²) in [7, 11) is 0. The lowest BCUT2D eigenvalue weighted by Crippen LogP contribution is -2.28. The van der Waals surface area contributed by atoms with Crippen LogP contribution in [0.4, 0.5) is 17.2 Å². The Morgan fingerprint density at radius 3 is 2.76 bits per heavy atom. The summed E-state index contributed by atoms with van der Waals surface area (Å²) in [6.45, 7) is 0.718. The number of anilines is 3. The van der Waals surface area contributed by atoms with Gasteiger partial charge in [-0.3, -0.25) is 4.79 Å². The second kappa shape index (κ2) is 6.69. The van der Waals surface area contributed by atoms with Crippen molar-refractivity contribution < 1.29 is 4.79 Å². The lowest BCUT2D eigenvalue weighted by atomic mass is 10.2. The van der Waals surface area contributed by atoms with E-state index in [-0.39, 0.29) is 5.91 Å². The summed E-state index contributed by atoms with van der Waals surface area (Å²) in [5.74, 6) is 0.697. The molecule has 4 nitrogen and oxygen atoms in total. The van der Waals surface area contributed by atoms with Crippen molar-refractivity contribution in [2.24, 2.45) is 0 Å². The third-order valence-corrected chi connectivity index (χ3v) is 4.73. The largest absolute Gasteiger partial charge is 0.340 e. The number of rotatable bonds is 3. The average molecular weight is 394 g/mol. The zero-order chi connectivity index (χ0) is 17.2. The van der Waals surface area contributed by atoms with Gasteiger partial charge in [0.2, 0.25) is 0 Å². The molecule has 0 spiro atoms. The van der Waals surface area contributed by atoms with E-state index in [0.717, 1.165) is 28.8 Å². The van der Waals surface area contributed by atoms with Crippen molar-refractivity contribution in [3.8, 4) is 0 Å². The van der Waals surface area contributed by atoms with Gasteiger partial charge in [-0.05, 0) is 48.4 Å². The Hall–Kier alpha value is -2.66. The Kier molecular flexibility index (Phi) is 4.24. The van der Waals surface area contributed by atoms with E-state index in [1.54, 1.807) is 6.20 Å². The van der Waals surface area contributed by atoms with Crippen molar-refractivity contribution in [2.45, 2.75) is 6.42 Å². The molecule has 2 aromatic carbocycles. The highest BCUT2D eigenvalue weighted by Crippen LogP contribution is 2.29. The Morgan fingerprint density at radius 2 is 1.96 bits per heavy atom. The number of halogens is 1. The molecule has 0 fully saturated rings. The highest BCUT2D eigenvalue weighted by Gasteiger charge is 2.25. The number of benzene rings is 2. The van der Waals surface area contributed by atoms with Gasteiger partial charge in [-0.25, -0.2) is 4.98 Å². The predicted octanol–water partition coefficient (Wildman–Crippen LogP) is 4.79. The topological polar surface area (TPSA) is 45.2 Å². The molecule has 1 N–H and O–H groups in total. The van der Waals surface area contributed by atoms with E-state index in [2.05, 4.69) is 32.3 Å². The molecule has 1 amide bonds. The zero-order valence-electron chi connectivity index (χ0n) is 13.4. The SMILES string of the molecule is O=C(c1ccc(Nc2cccc(Br)c2)nc1)N1CCc2ccccc21. The summed E-state index contributed by atoms with van der Waals surface area (Å²) >= 11 is 3.45. The monoisotopic (exact) mass is 393 g/mol. The smallest absolute Gasteiger partial charge is 0.259 e. The van der Waals surface area contributed by atoms with E-state index in [9.17, 15) is 4.79 Å². The van der Waals surface area contributed by atoms with Crippen LogP contribution in [0.1, 0.15) is 15.9 Å². The van der Waals surface area contributed by atoms with Gasteiger partial charge in [0.05, 0.1) is 5.56 Å². The van der Waals surface area contributed by atoms with Crippen molar-refractivity contribution in [1.29, 1.82) is 0 Å². The number of carbonyl (C=O) groups is 1. The predicted molar refractivity (Wildman–Crippen MR) is 103 cm³/mol. The van der Waals surface area contributed by atoms with Gasteiger partial charge in [0.25, 0.3) is 5.91 Å². The Labute approximate surface area is 154 Å². The number of aromatic nitrogens is 1. The van der Waals surface area contributed by atoms with Crippen LogP contribution in [0.3, 0.4) is 0 Å². The first kappa shape index (κ1) is 15.8. The van der Waals surface area contributed by atoms with Crippen molar-refractivity contribution in [2.75, 3.05) is 16.8 Å². The number of para-hydroxylation sites is 1. The summed E-state index contributed by atoms with van der Waals surface area (Å²) < 4.78 is 0.997. The van der Waals surface area contributed by atoms with Crippen LogP contribution in [0.25, 0.3) is 0 Å². The number of fused-ring (bicyclic) bond motifs is 1. The lowest BCUT2D eigenvalue weighted by Gasteiger charge is -2.17. The fourth-order valence-electron chi connectivity index (χ4n) is 3.01. The molecule has 0 saturated heterocycles. The molecular formula is C20H16BrN3O. The second-order valence-corrected chi connectivity index (χ2v) is 6.82. The Morgan fingerprint density at radius 1 is 1.08 bits per heavy atom.